The Hall–Kier alpha value is -0.0800. The standard InChI is InChI=1S/C15H32N2/c1-12(2)10-17(11-13(3)4)15-8-6-5-7-14(15)9-16/h12-15H,5-11,16H2,1-4H3. The van der Waals surface area contributed by atoms with Gasteiger partial charge in [0.2, 0.25) is 0 Å². The third-order valence-corrected chi connectivity index (χ3v) is 3.84. The number of hydrogen-bond acceptors (Lipinski definition) is 2. The zero-order valence-electron chi connectivity index (χ0n) is 12.3. The Bertz CT molecular complexity index is 191. The minimum absolute atomic E-state index is 0.737. The lowest BCUT2D eigenvalue weighted by Gasteiger charge is -2.41. The monoisotopic (exact) mass is 240 g/mol. The molecular formula is C15H32N2. The largest absolute Gasteiger partial charge is 0.330 e. The van der Waals surface area contributed by atoms with Crippen molar-refractivity contribution in [2.24, 2.45) is 23.5 Å². The van der Waals surface area contributed by atoms with Gasteiger partial charge in [0.15, 0.2) is 0 Å². The summed E-state index contributed by atoms with van der Waals surface area (Å²) >= 11 is 0. The van der Waals surface area contributed by atoms with E-state index in [-0.39, 0.29) is 0 Å². The Labute approximate surface area is 108 Å². The minimum Gasteiger partial charge on any atom is -0.330 e. The van der Waals surface area contributed by atoms with Crippen molar-refractivity contribution < 1.29 is 0 Å². The molecule has 0 saturated heterocycles. The van der Waals surface area contributed by atoms with Crippen molar-refractivity contribution in [1.29, 1.82) is 0 Å². The van der Waals surface area contributed by atoms with Gasteiger partial charge in [-0.05, 0) is 37.1 Å². The first-order valence-corrected chi connectivity index (χ1v) is 7.48. The van der Waals surface area contributed by atoms with E-state index in [9.17, 15) is 0 Å². The molecule has 1 aliphatic carbocycles. The molecule has 2 unspecified atom stereocenters. The van der Waals surface area contributed by atoms with Crippen LogP contribution in [0.5, 0.6) is 0 Å². The fourth-order valence-corrected chi connectivity index (χ4v) is 3.23. The van der Waals surface area contributed by atoms with Gasteiger partial charge in [-0.15, -0.1) is 0 Å². The second-order valence-electron chi connectivity index (χ2n) is 6.59. The molecule has 1 fully saturated rings. The SMILES string of the molecule is CC(C)CN(CC(C)C)C1CCCCC1CN. The van der Waals surface area contributed by atoms with E-state index in [1.807, 2.05) is 0 Å². The van der Waals surface area contributed by atoms with Gasteiger partial charge in [0.25, 0.3) is 0 Å². The molecule has 2 heteroatoms. The van der Waals surface area contributed by atoms with Crippen molar-refractivity contribution in [3.63, 3.8) is 0 Å². The molecule has 0 heterocycles. The van der Waals surface area contributed by atoms with Gasteiger partial charge in [0.1, 0.15) is 0 Å². The first-order valence-electron chi connectivity index (χ1n) is 7.48. The van der Waals surface area contributed by atoms with Crippen LogP contribution >= 0.6 is 0 Å². The smallest absolute Gasteiger partial charge is 0.0136 e. The van der Waals surface area contributed by atoms with Gasteiger partial charge in [-0.3, -0.25) is 4.90 Å². The van der Waals surface area contributed by atoms with E-state index in [1.165, 1.54) is 38.8 Å². The maximum Gasteiger partial charge on any atom is 0.0136 e. The van der Waals surface area contributed by atoms with Gasteiger partial charge in [-0.2, -0.15) is 0 Å². The number of nitrogens with two attached hydrogens (primary N) is 1. The molecule has 0 radical (unpaired) electrons. The average molecular weight is 240 g/mol. The van der Waals surface area contributed by atoms with E-state index in [0.717, 1.165) is 30.3 Å². The van der Waals surface area contributed by atoms with Crippen LogP contribution in [0.3, 0.4) is 0 Å². The van der Waals surface area contributed by atoms with Crippen LogP contribution < -0.4 is 5.73 Å². The number of hydrogen-bond donors (Lipinski definition) is 1. The molecule has 0 aromatic carbocycles. The molecule has 2 N–H and O–H groups in total. The molecule has 102 valence electrons. The highest BCUT2D eigenvalue weighted by atomic mass is 15.2. The summed E-state index contributed by atoms with van der Waals surface area (Å²) in [7, 11) is 0. The topological polar surface area (TPSA) is 29.3 Å². The van der Waals surface area contributed by atoms with Gasteiger partial charge in [-0.25, -0.2) is 0 Å². The Balaban J connectivity index is 2.64. The van der Waals surface area contributed by atoms with E-state index < -0.39 is 0 Å². The molecule has 17 heavy (non-hydrogen) atoms. The van der Waals surface area contributed by atoms with Gasteiger partial charge in [0.05, 0.1) is 0 Å². The summed E-state index contributed by atoms with van der Waals surface area (Å²) in [5.41, 5.74) is 5.97. The summed E-state index contributed by atoms with van der Waals surface area (Å²) in [6.45, 7) is 12.7. The highest BCUT2D eigenvalue weighted by molar-refractivity contribution is 4.84. The predicted molar refractivity (Wildman–Crippen MR) is 76.0 cm³/mol. The van der Waals surface area contributed by atoms with Gasteiger partial charge >= 0.3 is 0 Å². The third-order valence-electron chi connectivity index (χ3n) is 3.84. The second-order valence-corrected chi connectivity index (χ2v) is 6.59. The Morgan fingerprint density at radius 2 is 1.53 bits per heavy atom. The van der Waals surface area contributed by atoms with Crippen molar-refractivity contribution in [1.82, 2.24) is 4.90 Å². The first kappa shape index (κ1) is 15.0. The predicted octanol–water partition coefficient (Wildman–Crippen LogP) is 3.12. The summed E-state index contributed by atoms with van der Waals surface area (Å²) < 4.78 is 0. The van der Waals surface area contributed by atoms with Crippen molar-refractivity contribution in [2.45, 2.75) is 59.4 Å². The van der Waals surface area contributed by atoms with Gasteiger partial charge in [0, 0.05) is 19.1 Å². The fraction of sp³-hybridized carbons (Fsp3) is 1.00. The van der Waals surface area contributed by atoms with Crippen LogP contribution in [0.25, 0.3) is 0 Å². The summed E-state index contributed by atoms with van der Waals surface area (Å²) in [5.74, 6) is 2.25. The van der Waals surface area contributed by atoms with Crippen molar-refractivity contribution >= 4 is 0 Å². The van der Waals surface area contributed by atoms with Crippen LogP contribution in [0, 0.1) is 17.8 Å². The summed E-state index contributed by atoms with van der Waals surface area (Å²) in [4.78, 5) is 2.73. The molecule has 2 nitrogen and oxygen atoms in total. The van der Waals surface area contributed by atoms with E-state index in [2.05, 4.69) is 32.6 Å². The molecule has 0 aromatic rings. The Morgan fingerprint density at radius 1 is 1.00 bits per heavy atom. The summed E-state index contributed by atoms with van der Waals surface area (Å²) in [5, 5.41) is 0. The zero-order valence-corrected chi connectivity index (χ0v) is 12.3. The van der Waals surface area contributed by atoms with Crippen molar-refractivity contribution in [2.75, 3.05) is 19.6 Å². The lowest BCUT2D eigenvalue weighted by molar-refractivity contribution is 0.0837. The molecule has 0 aromatic heterocycles. The molecule has 0 spiro atoms. The zero-order chi connectivity index (χ0) is 12.8. The van der Waals surface area contributed by atoms with Crippen LogP contribution in [0.4, 0.5) is 0 Å². The molecule has 2 atom stereocenters. The summed E-state index contributed by atoms with van der Waals surface area (Å²) in [6, 6.07) is 0.749. The Morgan fingerprint density at radius 3 is 2.00 bits per heavy atom. The molecule has 0 bridgehead atoms. The quantitative estimate of drug-likeness (QED) is 0.773. The van der Waals surface area contributed by atoms with E-state index in [0.29, 0.717) is 0 Å². The minimum atomic E-state index is 0.737. The highest BCUT2D eigenvalue weighted by Gasteiger charge is 2.29. The molecule has 1 aliphatic rings. The normalized spacial score (nSPS) is 26.1. The van der Waals surface area contributed by atoms with Crippen LogP contribution in [0.15, 0.2) is 0 Å². The van der Waals surface area contributed by atoms with Crippen LogP contribution in [-0.2, 0) is 0 Å². The van der Waals surface area contributed by atoms with Gasteiger partial charge < -0.3 is 5.73 Å². The lowest BCUT2D eigenvalue weighted by Crippen LogP contribution is -2.47. The van der Waals surface area contributed by atoms with Crippen molar-refractivity contribution in [3.8, 4) is 0 Å². The molecule has 0 amide bonds. The van der Waals surface area contributed by atoms with Crippen molar-refractivity contribution in [3.05, 3.63) is 0 Å². The van der Waals surface area contributed by atoms with Crippen LogP contribution in [0.2, 0.25) is 0 Å². The maximum absolute atomic E-state index is 5.97. The second kappa shape index (κ2) is 7.38. The third kappa shape index (κ3) is 4.97. The molecular weight excluding hydrogens is 208 g/mol. The molecule has 1 saturated carbocycles. The van der Waals surface area contributed by atoms with Gasteiger partial charge in [-0.1, -0.05) is 40.5 Å². The highest BCUT2D eigenvalue weighted by Crippen LogP contribution is 2.28. The fourth-order valence-electron chi connectivity index (χ4n) is 3.23. The average Bonchev–Trinajstić information content (AvgIpc) is 2.27. The molecule has 1 rings (SSSR count). The maximum atomic E-state index is 5.97. The Kier molecular flexibility index (Phi) is 6.50. The first-order chi connectivity index (χ1) is 8.04. The van der Waals surface area contributed by atoms with E-state index in [1.54, 1.807) is 0 Å². The molecule has 0 aliphatic heterocycles. The summed E-state index contributed by atoms with van der Waals surface area (Å²) in [6.07, 6.45) is 5.48. The number of rotatable bonds is 6. The van der Waals surface area contributed by atoms with E-state index >= 15 is 0 Å². The lowest BCUT2D eigenvalue weighted by atomic mass is 9.83. The van der Waals surface area contributed by atoms with Crippen LogP contribution in [0.1, 0.15) is 53.4 Å². The number of nitrogens with zero attached hydrogens (tertiary/aromatic N) is 1. The van der Waals surface area contributed by atoms with Crippen LogP contribution in [-0.4, -0.2) is 30.6 Å². The van der Waals surface area contributed by atoms with E-state index in [4.69, 9.17) is 5.73 Å².